The van der Waals surface area contributed by atoms with Crippen LogP contribution in [0.2, 0.25) is 0 Å². The molecular formula is C16H22BrN3O. The first-order valence-electron chi connectivity index (χ1n) is 7.22. The van der Waals surface area contributed by atoms with E-state index in [0.717, 1.165) is 35.0 Å². The van der Waals surface area contributed by atoms with Gasteiger partial charge in [0.2, 0.25) is 0 Å². The topological polar surface area (TPSA) is 53.1 Å². The fraction of sp³-hybridized carbons (Fsp3) is 0.438. The maximum absolute atomic E-state index is 6.06. The van der Waals surface area contributed by atoms with Crippen LogP contribution in [0, 0.1) is 0 Å². The van der Waals surface area contributed by atoms with Crippen molar-refractivity contribution in [3.05, 3.63) is 46.2 Å². The summed E-state index contributed by atoms with van der Waals surface area (Å²) >= 11 is 3.51. The van der Waals surface area contributed by atoms with Gasteiger partial charge in [-0.1, -0.05) is 22.9 Å². The summed E-state index contributed by atoms with van der Waals surface area (Å²) in [4.78, 5) is 0. The van der Waals surface area contributed by atoms with Crippen molar-refractivity contribution in [2.45, 2.75) is 32.2 Å². The first-order valence-corrected chi connectivity index (χ1v) is 8.02. The molecule has 1 heterocycles. The van der Waals surface area contributed by atoms with Gasteiger partial charge in [-0.25, -0.2) is 0 Å². The van der Waals surface area contributed by atoms with Crippen LogP contribution in [0.4, 0.5) is 0 Å². The Kier molecular flexibility index (Phi) is 5.82. The van der Waals surface area contributed by atoms with Crippen molar-refractivity contribution >= 4 is 15.9 Å². The first-order chi connectivity index (χ1) is 10.1. The molecule has 2 rings (SSSR count). The quantitative estimate of drug-likeness (QED) is 0.833. The number of nitrogens with two attached hydrogens (primary N) is 1. The van der Waals surface area contributed by atoms with Gasteiger partial charge in [-0.3, -0.25) is 4.68 Å². The normalized spacial score (nSPS) is 12.4. The number of benzene rings is 1. The Morgan fingerprint density at radius 2 is 2.24 bits per heavy atom. The Hall–Kier alpha value is -1.33. The summed E-state index contributed by atoms with van der Waals surface area (Å²) in [6.45, 7) is 2.74. The summed E-state index contributed by atoms with van der Waals surface area (Å²) in [6.07, 6.45) is 6.53. The molecule has 1 aromatic heterocycles. The highest BCUT2D eigenvalue weighted by molar-refractivity contribution is 9.10. The van der Waals surface area contributed by atoms with E-state index in [1.165, 1.54) is 5.56 Å². The van der Waals surface area contributed by atoms with Crippen LogP contribution in [0.5, 0.6) is 5.75 Å². The van der Waals surface area contributed by atoms with Gasteiger partial charge in [-0.2, -0.15) is 5.10 Å². The van der Waals surface area contributed by atoms with Crippen molar-refractivity contribution in [3.8, 4) is 5.75 Å². The highest BCUT2D eigenvalue weighted by Crippen LogP contribution is 2.25. The SMILES string of the molecule is CCC(N)Cc1cc(Br)ccc1OCCc1cnn(C)c1. The highest BCUT2D eigenvalue weighted by atomic mass is 79.9. The molecule has 21 heavy (non-hydrogen) atoms. The largest absolute Gasteiger partial charge is 0.493 e. The van der Waals surface area contributed by atoms with Gasteiger partial charge >= 0.3 is 0 Å². The molecule has 0 saturated carbocycles. The molecule has 0 spiro atoms. The fourth-order valence-electron chi connectivity index (χ4n) is 2.15. The van der Waals surface area contributed by atoms with Gasteiger partial charge in [0, 0.05) is 30.2 Å². The van der Waals surface area contributed by atoms with Crippen molar-refractivity contribution in [2.24, 2.45) is 12.8 Å². The van der Waals surface area contributed by atoms with E-state index in [1.54, 1.807) is 4.68 Å². The molecule has 4 nitrogen and oxygen atoms in total. The summed E-state index contributed by atoms with van der Waals surface area (Å²) in [7, 11) is 1.92. The number of halogens is 1. The molecule has 2 N–H and O–H groups in total. The van der Waals surface area contributed by atoms with Gasteiger partial charge < -0.3 is 10.5 Å². The molecule has 0 amide bonds. The number of ether oxygens (including phenoxy) is 1. The molecule has 1 atom stereocenters. The molecule has 0 aliphatic heterocycles. The van der Waals surface area contributed by atoms with Gasteiger partial charge in [0.15, 0.2) is 0 Å². The average molecular weight is 352 g/mol. The molecule has 0 bridgehead atoms. The predicted molar refractivity (Wildman–Crippen MR) is 88.5 cm³/mol. The third-order valence-corrected chi connectivity index (χ3v) is 3.93. The van der Waals surface area contributed by atoms with Crippen molar-refractivity contribution in [2.75, 3.05) is 6.61 Å². The third kappa shape index (κ3) is 4.86. The maximum atomic E-state index is 6.06. The van der Waals surface area contributed by atoms with Gasteiger partial charge in [-0.05, 0) is 42.2 Å². The number of hydrogen-bond acceptors (Lipinski definition) is 3. The Morgan fingerprint density at radius 1 is 1.43 bits per heavy atom. The predicted octanol–water partition coefficient (Wildman–Crippen LogP) is 3.08. The summed E-state index contributed by atoms with van der Waals surface area (Å²) in [5, 5.41) is 4.16. The van der Waals surface area contributed by atoms with E-state index in [0.29, 0.717) is 6.61 Å². The molecule has 114 valence electrons. The van der Waals surface area contributed by atoms with Crippen LogP contribution in [0.25, 0.3) is 0 Å². The van der Waals surface area contributed by atoms with Crippen molar-refractivity contribution in [3.63, 3.8) is 0 Å². The Labute approximate surface area is 134 Å². The summed E-state index contributed by atoms with van der Waals surface area (Å²) in [5.41, 5.74) is 8.40. The number of nitrogens with zero attached hydrogens (tertiary/aromatic N) is 2. The second kappa shape index (κ2) is 7.61. The molecule has 0 fully saturated rings. The number of aromatic nitrogens is 2. The van der Waals surface area contributed by atoms with Crippen molar-refractivity contribution in [1.29, 1.82) is 0 Å². The molecule has 1 unspecified atom stereocenters. The number of hydrogen-bond donors (Lipinski definition) is 1. The fourth-order valence-corrected chi connectivity index (χ4v) is 2.56. The molecule has 5 heteroatoms. The van der Waals surface area contributed by atoms with E-state index in [2.05, 4.69) is 34.0 Å². The minimum Gasteiger partial charge on any atom is -0.493 e. The Bertz CT molecular complexity index is 583. The number of rotatable bonds is 7. The molecule has 0 saturated heterocycles. The van der Waals surface area contributed by atoms with E-state index in [9.17, 15) is 0 Å². The summed E-state index contributed by atoms with van der Waals surface area (Å²) in [5.74, 6) is 0.922. The lowest BCUT2D eigenvalue weighted by molar-refractivity contribution is 0.317. The van der Waals surface area contributed by atoms with E-state index < -0.39 is 0 Å². The minimum absolute atomic E-state index is 0.167. The Balaban J connectivity index is 1.98. The van der Waals surface area contributed by atoms with Crippen LogP contribution >= 0.6 is 15.9 Å². The molecule has 0 aliphatic carbocycles. The van der Waals surface area contributed by atoms with Crippen molar-refractivity contribution < 1.29 is 4.74 Å². The smallest absolute Gasteiger partial charge is 0.122 e. The molecule has 0 radical (unpaired) electrons. The zero-order chi connectivity index (χ0) is 15.2. The van der Waals surface area contributed by atoms with E-state index in [1.807, 2.05) is 31.6 Å². The lowest BCUT2D eigenvalue weighted by atomic mass is 10.0. The average Bonchev–Trinajstić information content (AvgIpc) is 2.86. The zero-order valence-electron chi connectivity index (χ0n) is 12.6. The van der Waals surface area contributed by atoms with Gasteiger partial charge in [0.25, 0.3) is 0 Å². The second-order valence-electron chi connectivity index (χ2n) is 5.25. The first kappa shape index (κ1) is 16.0. The van der Waals surface area contributed by atoms with Gasteiger partial charge in [-0.15, -0.1) is 0 Å². The highest BCUT2D eigenvalue weighted by Gasteiger charge is 2.09. The van der Waals surface area contributed by atoms with E-state index in [-0.39, 0.29) is 6.04 Å². The van der Waals surface area contributed by atoms with Crippen LogP contribution in [-0.4, -0.2) is 22.4 Å². The van der Waals surface area contributed by atoms with Gasteiger partial charge in [0.1, 0.15) is 5.75 Å². The third-order valence-electron chi connectivity index (χ3n) is 3.44. The second-order valence-corrected chi connectivity index (χ2v) is 6.16. The lowest BCUT2D eigenvalue weighted by Crippen LogP contribution is -2.21. The van der Waals surface area contributed by atoms with Crippen LogP contribution < -0.4 is 10.5 Å². The summed E-state index contributed by atoms with van der Waals surface area (Å²) in [6, 6.07) is 6.26. The van der Waals surface area contributed by atoms with Crippen molar-refractivity contribution in [1.82, 2.24) is 9.78 Å². The minimum atomic E-state index is 0.167. The van der Waals surface area contributed by atoms with E-state index in [4.69, 9.17) is 10.5 Å². The molecular weight excluding hydrogens is 330 g/mol. The van der Waals surface area contributed by atoms with Crippen LogP contribution in [0.15, 0.2) is 35.1 Å². The van der Waals surface area contributed by atoms with Crippen LogP contribution in [0.3, 0.4) is 0 Å². The lowest BCUT2D eigenvalue weighted by Gasteiger charge is -2.14. The zero-order valence-corrected chi connectivity index (χ0v) is 14.1. The summed E-state index contributed by atoms with van der Waals surface area (Å²) < 4.78 is 8.80. The van der Waals surface area contributed by atoms with E-state index >= 15 is 0 Å². The van der Waals surface area contributed by atoms with Crippen LogP contribution in [0.1, 0.15) is 24.5 Å². The maximum Gasteiger partial charge on any atom is 0.122 e. The molecule has 1 aromatic carbocycles. The Morgan fingerprint density at radius 3 is 2.90 bits per heavy atom. The van der Waals surface area contributed by atoms with Crippen LogP contribution in [-0.2, 0) is 19.9 Å². The number of aryl methyl sites for hydroxylation is 1. The van der Waals surface area contributed by atoms with Gasteiger partial charge in [0.05, 0.1) is 12.8 Å². The monoisotopic (exact) mass is 351 g/mol. The molecule has 2 aromatic rings. The molecule has 0 aliphatic rings. The standard InChI is InChI=1S/C16H22BrN3O/c1-3-15(18)9-13-8-14(17)4-5-16(13)21-7-6-12-10-19-20(2)11-12/h4-5,8,10-11,15H,3,6-7,9,18H2,1-2H3.